The van der Waals surface area contributed by atoms with E-state index in [-0.39, 0.29) is 17.9 Å². The molecule has 0 aromatic heterocycles. The average Bonchev–Trinajstić information content (AvgIpc) is 2.15. The number of hydrogen-bond acceptors (Lipinski definition) is 3. The zero-order chi connectivity index (χ0) is 13.6. The Morgan fingerprint density at radius 3 is 2.29 bits per heavy atom. The molecule has 0 rings (SSSR count). The molecule has 0 saturated heterocycles. The largest absolute Gasteiger partial charge is 0.353 e. The minimum Gasteiger partial charge on any atom is -0.353 e. The van der Waals surface area contributed by atoms with Crippen LogP contribution in [0.25, 0.3) is 0 Å². The van der Waals surface area contributed by atoms with Gasteiger partial charge in [0, 0.05) is 26.6 Å². The SMILES string of the molecule is C/N=C\N(CC(C)(C)C(=O)NC(C)C)C(C)=O. The normalized spacial score (nSPS) is 11.9. The molecule has 0 fully saturated rings. The highest BCUT2D eigenvalue weighted by atomic mass is 16.2. The summed E-state index contributed by atoms with van der Waals surface area (Å²) in [5.74, 6) is -0.190. The molecule has 98 valence electrons. The van der Waals surface area contributed by atoms with Crippen molar-refractivity contribution in [3.63, 3.8) is 0 Å². The van der Waals surface area contributed by atoms with Gasteiger partial charge in [0.2, 0.25) is 11.8 Å². The highest BCUT2D eigenvalue weighted by molar-refractivity contribution is 5.88. The topological polar surface area (TPSA) is 61.8 Å². The van der Waals surface area contributed by atoms with Crippen LogP contribution in [0.1, 0.15) is 34.6 Å². The number of nitrogens with one attached hydrogen (secondary N) is 1. The smallest absolute Gasteiger partial charge is 0.227 e. The molecule has 0 aromatic rings. The Kier molecular flexibility index (Phi) is 5.85. The Hall–Kier alpha value is -1.39. The minimum atomic E-state index is -0.642. The van der Waals surface area contributed by atoms with E-state index in [4.69, 9.17) is 0 Å². The molecule has 0 unspecified atom stereocenters. The molecule has 0 saturated carbocycles. The van der Waals surface area contributed by atoms with Crippen LogP contribution in [0.4, 0.5) is 0 Å². The Balaban J connectivity index is 4.70. The monoisotopic (exact) mass is 241 g/mol. The van der Waals surface area contributed by atoms with Crippen LogP contribution in [-0.4, -0.2) is 42.7 Å². The number of carbonyl (C=O) groups is 2. The fourth-order valence-corrected chi connectivity index (χ4v) is 1.33. The zero-order valence-corrected chi connectivity index (χ0v) is 11.6. The first kappa shape index (κ1) is 15.6. The van der Waals surface area contributed by atoms with Crippen molar-refractivity contribution in [3.05, 3.63) is 0 Å². The third-order valence-electron chi connectivity index (χ3n) is 2.26. The van der Waals surface area contributed by atoms with E-state index in [1.165, 1.54) is 18.2 Å². The van der Waals surface area contributed by atoms with Crippen molar-refractivity contribution in [1.82, 2.24) is 10.2 Å². The van der Waals surface area contributed by atoms with Gasteiger partial charge in [0.15, 0.2) is 0 Å². The molecule has 0 radical (unpaired) electrons. The van der Waals surface area contributed by atoms with E-state index in [0.29, 0.717) is 6.54 Å². The van der Waals surface area contributed by atoms with Crippen LogP contribution in [0.2, 0.25) is 0 Å². The van der Waals surface area contributed by atoms with Gasteiger partial charge in [-0.1, -0.05) is 0 Å². The fraction of sp³-hybridized carbons (Fsp3) is 0.750. The molecule has 0 aromatic carbocycles. The Morgan fingerprint density at radius 2 is 1.94 bits per heavy atom. The molecule has 0 aliphatic heterocycles. The molecule has 0 aliphatic rings. The van der Waals surface area contributed by atoms with Crippen molar-refractivity contribution in [3.8, 4) is 0 Å². The van der Waals surface area contributed by atoms with Gasteiger partial charge in [0.05, 0.1) is 11.8 Å². The molecule has 2 amide bonds. The molecule has 0 heterocycles. The van der Waals surface area contributed by atoms with Gasteiger partial charge >= 0.3 is 0 Å². The summed E-state index contributed by atoms with van der Waals surface area (Å²) in [6, 6.07) is 0.0902. The van der Waals surface area contributed by atoms with Crippen LogP contribution >= 0.6 is 0 Å². The van der Waals surface area contributed by atoms with E-state index in [1.807, 2.05) is 27.7 Å². The van der Waals surface area contributed by atoms with Crippen molar-refractivity contribution in [2.75, 3.05) is 13.6 Å². The second-order valence-electron chi connectivity index (χ2n) is 5.03. The van der Waals surface area contributed by atoms with Crippen LogP contribution in [0.3, 0.4) is 0 Å². The molecule has 0 atom stereocenters. The summed E-state index contributed by atoms with van der Waals surface area (Å²) in [6.07, 6.45) is 1.45. The molecule has 5 nitrogen and oxygen atoms in total. The van der Waals surface area contributed by atoms with Gasteiger partial charge < -0.3 is 10.2 Å². The van der Waals surface area contributed by atoms with Crippen molar-refractivity contribution in [2.45, 2.75) is 40.7 Å². The van der Waals surface area contributed by atoms with Crippen LogP contribution in [0.5, 0.6) is 0 Å². The van der Waals surface area contributed by atoms with Gasteiger partial charge in [-0.2, -0.15) is 0 Å². The van der Waals surface area contributed by atoms with Crippen molar-refractivity contribution >= 4 is 18.2 Å². The number of amides is 2. The van der Waals surface area contributed by atoms with Gasteiger partial charge in [-0.15, -0.1) is 0 Å². The van der Waals surface area contributed by atoms with Crippen LogP contribution in [-0.2, 0) is 9.59 Å². The van der Waals surface area contributed by atoms with Gasteiger partial charge in [-0.25, -0.2) is 0 Å². The number of hydrogen-bond donors (Lipinski definition) is 1. The summed E-state index contributed by atoms with van der Waals surface area (Å²) in [4.78, 5) is 28.6. The standard InChI is InChI=1S/C12H23N3O2/c1-9(2)14-11(17)12(4,5)7-15(8-13-6)10(3)16/h8-9H,7H2,1-6H3,(H,14,17)/b13-8-. The summed E-state index contributed by atoms with van der Waals surface area (Å²) in [7, 11) is 1.59. The Labute approximate surface area is 103 Å². The van der Waals surface area contributed by atoms with Gasteiger partial charge in [-0.05, 0) is 27.7 Å². The molecule has 1 N–H and O–H groups in total. The number of carbonyl (C=O) groups excluding carboxylic acids is 2. The molecule has 17 heavy (non-hydrogen) atoms. The Morgan fingerprint density at radius 1 is 1.41 bits per heavy atom. The van der Waals surface area contributed by atoms with E-state index >= 15 is 0 Å². The second-order valence-corrected chi connectivity index (χ2v) is 5.03. The molecule has 0 spiro atoms. The summed E-state index contributed by atoms with van der Waals surface area (Å²) in [5.41, 5.74) is -0.642. The molecular formula is C12H23N3O2. The lowest BCUT2D eigenvalue weighted by molar-refractivity contribution is -0.132. The summed E-state index contributed by atoms with van der Waals surface area (Å²) < 4.78 is 0. The summed E-state index contributed by atoms with van der Waals surface area (Å²) in [5, 5.41) is 2.85. The first-order valence-electron chi connectivity index (χ1n) is 5.71. The predicted octanol–water partition coefficient (Wildman–Crippen LogP) is 1.04. The van der Waals surface area contributed by atoms with E-state index in [0.717, 1.165) is 0 Å². The summed E-state index contributed by atoms with van der Waals surface area (Å²) >= 11 is 0. The van der Waals surface area contributed by atoms with Crippen molar-refractivity contribution in [2.24, 2.45) is 10.4 Å². The van der Waals surface area contributed by atoms with E-state index < -0.39 is 5.41 Å². The lowest BCUT2D eigenvalue weighted by Crippen LogP contribution is -2.47. The maximum absolute atomic E-state index is 11.9. The first-order valence-corrected chi connectivity index (χ1v) is 5.71. The maximum atomic E-state index is 11.9. The third kappa shape index (κ3) is 5.47. The zero-order valence-electron chi connectivity index (χ0n) is 11.6. The third-order valence-corrected chi connectivity index (χ3v) is 2.26. The van der Waals surface area contributed by atoms with Crippen LogP contribution in [0.15, 0.2) is 4.99 Å². The lowest BCUT2D eigenvalue weighted by Gasteiger charge is -2.29. The van der Waals surface area contributed by atoms with E-state index in [1.54, 1.807) is 7.05 Å². The highest BCUT2D eigenvalue weighted by Crippen LogP contribution is 2.17. The quantitative estimate of drug-likeness (QED) is 0.577. The van der Waals surface area contributed by atoms with Crippen molar-refractivity contribution in [1.29, 1.82) is 0 Å². The molecular weight excluding hydrogens is 218 g/mol. The van der Waals surface area contributed by atoms with E-state index in [2.05, 4.69) is 10.3 Å². The van der Waals surface area contributed by atoms with Crippen LogP contribution < -0.4 is 5.32 Å². The maximum Gasteiger partial charge on any atom is 0.227 e. The Bertz CT molecular complexity index is 309. The van der Waals surface area contributed by atoms with Gasteiger partial charge in [0.1, 0.15) is 0 Å². The number of rotatable bonds is 5. The fourth-order valence-electron chi connectivity index (χ4n) is 1.33. The predicted molar refractivity (Wildman–Crippen MR) is 68.9 cm³/mol. The average molecular weight is 241 g/mol. The molecule has 0 aliphatic carbocycles. The summed E-state index contributed by atoms with van der Waals surface area (Å²) in [6.45, 7) is 9.21. The highest BCUT2D eigenvalue weighted by Gasteiger charge is 2.30. The molecule has 5 heteroatoms. The second kappa shape index (κ2) is 6.37. The molecule has 0 bridgehead atoms. The van der Waals surface area contributed by atoms with Gasteiger partial charge in [-0.3, -0.25) is 14.6 Å². The minimum absolute atomic E-state index is 0.0664. The van der Waals surface area contributed by atoms with E-state index in [9.17, 15) is 9.59 Å². The van der Waals surface area contributed by atoms with Gasteiger partial charge in [0.25, 0.3) is 0 Å². The first-order chi connectivity index (χ1) is 7.70. The number of nitrogens with zero attached hydrogens (tertiary/aromatic N) is 2. The lowest BCUT2D eigenvalue weighted by atomic mass is 9.91. The number of aliphatic imine (C=N–C) groups is 1. The van der Waals surface area contributed by atoms with Crippen LogP contribution in [0, 0.1) is 5.41 Å². The van der Waals surface area contributed by atoms with Crippen molar-refractivity contribution < 1.29 is 9.59 Å².